The van der Waals surface area contributed by atoms with Gasteiger partial charge in [-0.2, -0.15) is 0 Å². The highest BCUT2D eigenvalue weighted by Gasteiger charge is 2.14. The lowest BCUT2D eigenvalue weighted by Crippen LogP contribution is -2.38. The number of aryl methyl sites for hydroxylation is 2. The predicted octanol–water partition coefficient (Wildman–Crippen LogP) is 0.244. The molecule has 104 valence electrons. The summed E-state index contributed by atoms with van der Waals surface area (Å²) in [6.07, 6.45) is -1.61. The van der Waals surface area contributed by atoms with Crippen LogP contribution in [0.2, 0.25) is 0 Å². The Kier molecular flexibility index (Phi) is 5.32. The molecule has 1 amide bonds. The Balaban J connectivity index is 2.44. The maximum Gasteiger partial charge on any atom is 0.334 e. The molecular weight excluding hydrogens is 250 g/mol. The van der Waals surface area contributed by atoms with Crippen LogP contribution in [0.4, 0.5) is 0 Å². The van der Waals surface area contributed by atoms with Crippen molar-refractivity contribution in [3.63, 3.8) is 0 Å². The van der Waals surface area contributed by atoms with Crippen molar-refractivity contribution in [3.8, 4) is 5.75 Å². The molecule has 0 saturated heterocycles. The first-order chi connectivity index (χ1) is 8.91. The summed E-state index contributed by atoms with van der Waals surface area (Å²) in [5, 5.41) is 19.7. The standard InChI is InChI=1S/C13H17NO5/c1-8-4-3-5-9(2)12(8)19-7-11(16)14-6-10(15)13(17)18/h3-5,10,15H,6-7H2,1-2H3,(H,14,16)(H,17,18). The third kappa shape index (κ3) is 4.59. The van der Waals surface area contributed by atoms with E-state index in [1.165, 1.54) is 0 Å². The summed E-state index contributed by atoms with van der Waals surface area (Å²) in [6.45, 7) is 3.17. The van der Waals surface area contributed by atoms with Gasteiger partial charge in [-0.25, -0.2) is 4.79 Å². The van der Waals surface area contributed by atoms with E-state index in [1.54, 1.807) is 0 Å². The average molecular weight is 267 g/mol. The molecule has 0 aliphatic heterocycles. The molecule has 19 heavy (non-hydrogen) atoms. The number of carboxylic acids is 1. The molecule has 6 heteroatoms. The van der Waals surface area contributed by atoms with Gasteiger partial charge in [-0.05, 0) is 25.0 Å². The number of benzene rings is 1. The molecular formula is C13H17NO5. The highest BCUT2D eigenvalue weighted by Crippen LogP contribution is 2.21. The van der Waals surface area contributed by atoms with Crippen LogP contribution < -0.4 is 10.1 Å². The van der Waals surface area contributed by atoms with E-state index in [0.29, 0.717) is 5.75 Å². The highest BCUT2D eigenvalue weighted by atomic mass is 16.5. The Morgan fingerprint density at radius 1 is 1.32 bits per heavy atom. The average Bonchev–Trinajstić information content (AvgIpc) is 2.35. The van der Waals surface area contributed by atoms with E-state index >= 15 is 0 Å². The van der Waals surface area contributed by atoms with Gasteiger partial charge in [0.15, 0.2) is 12.7 Å². The lowest BCUT2D eigenvalue weighted by atomic mass is 10.1. The van der Waals surface area contributed by atoms with E-state index in [1.807, 2.05) is 32.0 Å². The number of carboxylic acid groups (broad SMARTS) is 1. The molecule has 1 aromatic rings. The second-order valence-corrected chi connectivity index (χ2v) is 4.17. The van der Waals surface area contributed by atoms with Crippen LogP contribution in [0.5, 0.6) is 5.75 Å². The molecule has 0 heterocycles. The van der Waals surface area contributed by atoms with Crippen LogP contribution in [-0.2, 0) is 9.59 Å². The van der Waals surface area contributed by atoms with Crippen molar-refractivity contribution in [2.75, 3.05) is 13.2 Å². The number of nitrogens with one attached hydrogen (secondary N) is 1. The summed E-state index contributed by atoms with van der Waals surface area (Å²) in [5.74, 6) is -1.23. The third-order valence-electron chi connectivity index (χ3n) is 2.53. The summed E-state index contributed by atoms with van der Waals surface area (Å²) in [4.78, 5) is 21.8. The van der Waals surface area contributed by atoms with Gasteiger partial charge in [0, 0.05) is 0 Å². The molecule has 1 aromatic carbocycles. The summed E-state index contributed by atoms with van der Waals surface area (Å²) in [6, 6.07) is 5.63. The van der Waals surface area contributed by atoms with Crippen molar-refractivity contribution < 1.29 is 24.5 Å². The zero-order valence-corrected chi connectivity index (χ0v) is 10.8. The van der Waals surface area contributed by atoms with Crippen molar-refractivity contribution in [1.82, 2.24) is 5.32 Å². The second kappa shape index (κ2) is 6.75. The molecule has 1 unspecified atom stereocenters. The number of hydrogen-bond donors (Lipinski definition) is 3. The molecule has 0 radical (unpaired) electrons. The van der Waals surface area contributed by atoms with Gasteiger partial charge in [-0.3, -0.25) is 4.79 Å². The summed E-state index contributed by atoms with van der Waals surface area (Å²) in [5.41, 5.74) is 1.83. The number of aliphatic carboxylic acids is 1. The van der Waals surface area contributed by atoms with Gasteiger partial charge < -0.3 is 20.3 Å². The number of carbonyl (C=O) groups excluding carboxylic acids is 1. The lowest BCUT2D eigenvalue weighted by molar-refractivity contribution is -0.146. The number of aliphatic hydroxyl groups excluding tert-OH is 1. The third-order valence-corrected chi connectivity index (χ3v) is 2.53. The van der Waals surface area contributed by atoms with Gasteiger partial charge in [0.05, 0.1) is 6.54 Å². The Hall–Kier alpha value is -2.08. The molecule has 6 nitrogen and oxygen atoms in total. The number of amides is 1. The molecule has 3 N–H and O–H groups in total. The molecule has 0 aromatic heterocycles. The molecule has 0 aliphatic carbocycles. The highest BCUT2D eigenvalue weighted by molar-refractivity contribution is 5.79. The molecule has 0 bridgehead atoms. The van der Waals surface area contributed by atoms with Crippen molar-refractivity contribution in [3.05, 3.63) is 29.3 Å². The monoisotopic (exact) mass is 267 g/mol. The maximum atomic E-state index is 11.4. The zero-order valence-electron chi connectivity index (χ0n) is 10.8. The molecule has 1 rings (SSSR count). The Morgan fingerprint density at radius 2 is 1.89 bits per heavy atom. The van der Waals surface area contributed by atoms with Crippen molar-refractivity contribution in [1.29, 1.82) is 0 Å². The molecule has 0 aliphatic rings. The van der Waals surface area contributed by atoms with E-state index in [2.05, 4.69) is 5.32 Å². The normalized spacial score (nSPS) is 11.7. The minimum absolute atomic E-state index is 0.224. The molecule has 1 atom stereocenters. The van der Waals surface area contributed by atoms with Crippen LogP contribution in [-0.4, -0.2) is 41.3 Å². The van der Waals surface area contributed by atoms with Gasteiger partial charge in [-0.1, -0.05) is 18.2 Å². The molecule has 0 spiro atoms. The van der Waals surface area contributed by atoms with Crippen LogP contribution >= 0.6 is 0 Å². The van der Waals surface area contributed by atoms with Gasteiger partial charge >= 0.3 is 5.97 Å². The van der Waals surface area contributed by atoms with Gasteiger partial charge in [-0.15, -0.1) is 0 Å². The number of para-hydroxylation sites is 1. The second-order valence-electron chi connectivity index (χ2n) is 4.17. The van der Waals surface area contributed by atoms with E-state index in [0.717, 1.165) is 11.1 Å². The van der Waals surface area contributed by atoms with Crippen LogP contribution in [0.15, 0.2) is 18.2 Å². The van der Waals surface area contributed by atoms with Crippen molar-refractivity contribution in [2.45, 2.75) is 20.0 Å². The van der Waals surface area contributed by atoms with Crippen LogP contribution in [0.1, 0.15) is 11.1 Å². The summed E-state index contributed by atoms with van der Waals surface area (Å²) < 4.78 is 5.38. The Morgan fingerprint density at radius 3 is 2.42 bits per heavy atom. The topological polar surface area (TPSA) is 95.9 Å². The van der Waals surface area contributed by atoms with E-state index in [4.69, 9.17) is 14.9 Å². The Bertz CT molecular complexity index is 452. The first-order valence-electron chi connectivity index (χ1n) is 5.78. The fourth-order valence-corrected chi connectivity index (χ4v) is 1.51. The zero-order chi connectivity index (χ0) is 14.4. The van der Waals surface area contributed by atoms with Crippen LogP contribution in [0.25, 0.3) is 0 Å². The lowest BCUT2D eigenvalue weighted by Gasteiger charge is -2.12. The number of ether oxygens (including phenoxy) is 1. The summed E-state index contributed by atoms with van der Waals surface area (Å²) in [7, 11) is 0. The first kappa shape index (κ1) is 15.0. The quantitative estimate of drug-likeness (QED) is 0.686. The maximum absolute atomic E-state index is 11.4. The molecule has 0 saturated carbocycles. The van der Waals surface area contributed by atoms with Crippen LogP contribution in [0.3, 0.4) is 0 Å². The van der Waals surface area contributed by atoms with Gasteiger partial charge in [0.2, 0.25) is 0 Å². The first-order valence-corrected chi connectivity index (χ1v) is 5.78. The Labute approximate surface area is 111 Å². The minimum Gasteiger partial charge on any atom is -0.483 e. The van der Waals surface area contributed by atoms with E-state index in [-0.39, 0.29) is 13.2 Å². The van der Waals surface area contributed by atoms with E-state index < -0.39 is 18.0 Å². The molecule has 0 fully saturated rings. The van der Waals surface area contributed by atoms with E-state index in [9.17, 15) is 9.59 Å². The van der Waals surface area contributed by atoms with Crippen molar-refractivity contribution in [2.24, 2.45) is 0 Å². The number of aliphatic hydroxyl groups is 1. The SMILES string of the molecule is Cc1cccc(C)c1OCC(=O)NCC(O)C(=O)O. The van der Waals surface area contributed by atoms with Gasteiger partial charge in [0.1, 0.15) is 5.75 Å². The van der Waals surface area contributed by atoms with Crippen LogP contribution in [0, 0.1) is 13.8 Å². The number of rotatable bonds is 6. The number of hydrogen-bond acceptors (Lipinski definition) is 4. The van der Waals surface area contributed by atoms with Gasteiger partial charge in [0.25, 0.3) is 5.91 Å². The summed E-state index contributed by atoms with van der Waals surface area (Å²) >= 11 is 0. The van der Waals surface area contributed by atoms with Crippen molar-refractivity contribution >= 4 is 11.9 Å². The fourth-order valence-electron chi connectivity index (χ4n) is 1.51. The largest absolute Gasteiger partial charge is 0.483 e. The smallest absolute Gasteiger partial charge is 0.334 e. The predicted molar refractivity (Wildman–Crippen MR) is 68.1 cm³/mol. The number of carbonyl (C=O) groups is 2. The fraction of sp³-hybridized carbons (Fsp3) is 0.385. The minimum atomic E-state index is -1.61.